The first-order chi connectivity index (χ1) is 23.0. The number of aromatic nitrogens is 4. The van der Waals surface area contributed by atoms with Crippen molar-refractivity contribution in [1.82, 2.24) is 19.9 Å². The molecule has 0 aliphatic heterocycles. The normalized spacial score (nSPS) is 11.1. The highest BCUT2D eigenvalue weighted by Gasteiger charge is 2.16. The van der Waals surface area contributed by atoms with Crippen LogP contribution in [0.25, 0.3) is 41.6 Å². The van der Waals surface area contributed by atoms with E-state index in [0.717, 1.165) is 41.6 Å². The number of amides is 2. The van der Waals surface area contributed by atoms with E-state index in [-0.39, 0.29) is 11.8 Å². The van der Waals surface area contributed by atoms with Crippen LogP contribution in [-0.2, 0) is 0 Å². The van der Waals surface area contributed by atoms with Crippen LogP contribution >= 0.6 is 45.3 Å². The molecule has 9 nitrogen and oxygen atoms in total. The van der Waals surface area contributed by atoms with Crippen molar-refractivity contribution in [3.63, 3.8) is 0 Å². The molecular formula is C34H20N6O3S4. The van der Waals surface area contributed by atoms with Crippen LogP contribution in [0, 0.1) is 0 Å². The fourth-order valence-corrected chi connectivity index (χ4v) is 7.91. The fourth-order valence-electron chi connectivity index (χ4n) is 4.67. The van der Waals surface area contributed by atoms with Crippen LogP contribution in [0.4, 0.5) is 11.6 Å². The number of anilines is 2. The minimum atomic E-state index is -0.277. The summed E-state index contributed by atoms with van der Waals surface area (Å²) in [7, 11) is 0. The van der Waals surface area contributed by atoms with Gasteiger partial charge < -0.3 is 15.4 Å². The van der Waals surface area contributed by atoms with Crippen LogP contribution in [0.1, 0.15) is 19.6 Å². The van der Waals surface area contributed by atoms with Crippen LogP contribution in [0.2, 0.25) is 0 Å². The Morgan fingerprint density at radius 3 is 1.38 bits per heavy atom. The summed E-state index contributed by atoms with van der Waals surface area (Å²) in [6.45, 7) is 0. The molecule has 4 aromatic carbocycles. The van der Waals surface area contributed by atoms with E-state index in [0.29, 0.717) is 33.1 Å². The molecule has 0 fully saturated rings. The maximum Gasteiger partial charge on any atom is 0.285 e. The molecule has 2 N–H and O–H groups in total. The minimum Gasteiger partial charge on any atom is -0.457 e. The maximum atomic E-state index is 12.7. The lowest BCUT2D eigenvalue weighted by molar-refractivity contribution is 0.101. The van der Waals surface area contributed by atoms with Crippen LogP contribution < -0.4 is 15.4 Å². The van der Waals surface area contributed by atoms with Crippen molar-refractivity contribution in [2.24, 2.45) is 0 Å². The molecule has 4 heterocycles. The Balaban J connectivity index is 0.877. The number of carbonyl (C=O) groups excluding carboxylic acids is 2. The summed E-state index contributed by atoms with van der Waals surface area (Å²) < 4.78 is 7.99. The van der Waals surface area contributed by atoms with E-state index in [1.54, 1.807) is 0 Å². The Kier molecular flexibility index (Phi) is 7.71. The second-order valence-corrected chi connectivity index (χ2v) is 13.9. The van der Waals surface area contributed by atoms with Gasteiger partial charge in [0.15, 0.2) is 10.0 Å². The standard InChI is InChI=1S/C34H20N6O3S4/c41-29(33-35-23-5-1-3-7-25(23)46-33)37-27-17-44-31(39-27)19-9-13-21(14-10-19)43-22-15-11-20(12-16-22)32-40-28(18-45-32)38-30(42)34-36-24-6-2-4-8-26(24)47-34/h1-18H,(H,37,41)(H,38,42). The number of hydrogen-bond donors (Lipinski definition) is 2. The predicted molar refractivity (Wildman–Crippen MR) is 190 cm³/mol. The highest BCUT2D eigenvalue weighted by molar-refractivity contribution is 7.20. The van der Waals surface area contributed by atoms with Gasteiger partial charge in [-0.2, -0.15) is 0 Å². The van der Waals surface area contributed by atoms with Gasteiger partial charge in [-0.15, -0.1) is 45.3 Å². The molecule has 0 aliphatic carbocycles. The number of para-hydroxylation sites is 2. The summed E-state index contributed by atoms with van der Waals surface area (Å²) >= 11 is 5.59. The monoisotopic (exact) mass is 688 g/mol. The largest absolute Gasteiger partial charge is 0.457 e. The lowest BCUT2D eigenvalue weighted by atomic mass is 10.2. The van der Waals surface area contributed by atoms with Gasteiger partial charge in [-0.05, 0) is 72.8 Å². The predicted octanol–water partition coefficient (Wildman–Crippen LogP) is 9.45. The number of fused-ring (bicyclic) bond motifs is 2. The van der Waals surface area contributed by atoms with Gasteiger partial charge in [0.2, 0.25) is 0 Å². The number of hydrogen-bond acceptors (Lipinski definition) is 11. The van der Waals surface area contributed by atoms with E-state index in [1.807, 2.05) is 108 Å². The molecule has 0 aliphatic rings. The molecule has 4 aromatic heterocycles. The summed E-state index contributed by atoms with van der Waals surface area (Å²) in [5.41, 5.74) is 3.43. The van der Waals surface area contributed by atoms with Crippen molar-refractivity contribution in [2.45, 2.75) is 0 Å². The third-order valence-corrected chi connectivity index (χ3v) is 10.8. The van der Waals surface area contributed by atoms with Crippen molar-refractivity contribution in [3.05, 3.63) is 118 Å². The Morgan fingerprint density at radius 1 is 0.532 bits per heavy atom. The van der Waals surface area contributed by atoms with E-state index >= 15 is 0 Å². The number of carbonyl (C=O) groups is 2. The van der Waals surface area contributed by atoms with Crippen molar-refractivity contribution in [2.75, 3.05) is 10.6 Å². The van der Waals surface area contributed by atoms with Gasteiger partial charge in [-0.25, -0.2) is 19.9 Å². The summed E-state index contributed by atoms with van der Waals surface area (Å²) in [6.07, 6.45) is 0. The average Bonchev–Trinajstić information content (AvgIpc) is 3.91. The Morgan fingerprint density at radius 2 is 0.957 bits per heavy atom. The molecule has 0 atom stereocenters. The number of benzene rings is 4. The third kappa shape index (κ3) is 6.24. The van der Waals surface area contributed by atoms with E-state index < -0.39 is 0 Å². The van der Waals surface area contributed by atoms with Crippen LogP contribution in [0.15, 0.2) is 108 Å². The summed E-state index contributed by atoms with van der Waals surface area (Å²) in [4.78, 5) is 43.5. The number of nitrogens with one attached hydrogen (secondary N) is 2. The van der Waals surface area contributed by atoms with Gasteiger partial charge in [0.25, 0.3) is 11.8 Å². The first-order valence-corrected chi connectivity index (χ1v) is 17.6. The zero-order valence-corrected chi connectivity index (χ0v) is 27.3. The molecule has 47 heavy (non-hydrogen) atoms. The van der Waals surface area contributed by atoms with E-state index in [4.69, 9.17) is 4.74 Å². The number of rotatable bonds is 8. The van der Waals surface area contributed by atoms with Crippen molar-refractivity contribution in [3.8, 4) is 32.6 Å². The highest BCUT2D eigenvalue weighted by atomic mass is 32.1. The van der Waals surface area contributed by atoms with Gasteiger partial charge in [0.05, 0.1) is 20.4 Å². The zero-order valence-electron chi connectivity index (χ0n) is 24.0. The van der Waals surface area contributed by atoms with Gasteiger partial charge in [-0.3, -0.25) is 9.59 Å². The fraction of sp³-hybridized carbons (Fsp3) is 0. The molecule has 2 amide bonds. The smallest absolute Gasteiger partial charge is 0.285 e. The van der Waals surface area contributed by atoms with Gasteiger partial charge in [0.1, 0.15) is 33.1 Å². The first kappa shape index (κ1) is 29.1. The minimum absolute atomic E-state index is 0.277. The van der Waals surface area contributed by atoms with Crippen LogP contribution in [0.5, 0.6) is 11.5 Å². The third-order valence-electron chi connectivity index (χ3n) is 6.91. The molecule has 228 valence electrons. The van der Waals surface area contributed by atoms with Gasteiger partial charge in [0, 0.05) is 21.9 Å². The number of ether oxygens (including phenoxy) is 1. The molecule has 8 rings (SSSR count). The van der Waals surface area contributed by atoms with Crippen molar-refractivity contribution < 1.29 is 14.3 Å². The zero-order chi connectivity index (χ0) is 31.7. The average molecular weight is 689 g/mol. The molecule has 0 unspecified atom stereocenters. The quantitative estimate of drug-likeness (QED) is 0.163. The Labute approximate surface area is 283 Å². The molecule has 0 spiro atoms. The second kappa shape index (κ2) is 12.5. The Bertz CT molecular complexity index is 2160. The summed E-state index contributed by atoms with van der Waals surface area (Å²) in [5.74, 6) is 1.77. The summed E-state index contributed by atoms with van der Waals surface area (Å²) in [5, 5.41) is 11.7. The lowest BCUT2D eigenvalue weighted by Gasteiger charge is -2.07. The number of nitrogens with zero attached hydrogens (tertiary/aromatic N) is 4. The second-order valence-electron chi connectivity index (χ2n) is 10.1. The molecule has 8 aromatic rings. The molecule has 0 saturated carbocycles. The van der Waals surface area contributed by atoms with Gasteiger partial charge in [-0.1, -0.05) is 24.3 Å². The molecule has 13 heteroatoms. The molecule has 0 bridgehead atoms. The van der Waals surface area contributed by atoms with Crippen LogP contribution in [-0.4, -0.2) is 31.8 Å². The maximum absolute atomic E-state index is 12.7. The molecule has 0 radical (unpaired) electrons. The van der Waals surface area contributed by atoms with E-state index in [1.165, 1.54) is 45.3 Å². The van der Waals surface area contributed by atoms with Gasteiger partial charge >= 0.3 is 0 Å². The van der Waals surface area contributed by atoms with Crippen LogP contribution in [0.3, 0.4) is 0 Å². The number of thiazole rings is 4. The molecular weight excluding hydrogens is 669 g/mol. The lowest BCUT2D eigenvalue weighted by Crippen LogP contribution is -2.11. The highest BCUT2D eigenvalue weighted by Crippen LogP contribution is 2.32. The summed E-state index contributed by atoms with van der Waals surface area (Å²) in [6, 6.07) is 30.6. The topological polar surface area (TPSA) is 119 Å². The van der Waals surface area contributed by atoms with Crippen molar-refractivity contribution in [1.29, 1.82) is 0 Å². The first-order valence-electron chi connectivity index (χ1n) is 14.2. The van der Waals surface area contributed by atoms with E-state index in [2.05, 4.69) is 30.6 Å². The Hall–Kier alpha value is -5.34. The SMILES string of the molecule is O=C(Nc1csc(-c2ccc(Oc3ccc(-c4nc(NC(=O)c5nc6ccccc6s5)cs4)cc3)cc2)n1)c1nc2ccccc2s1. The van der Waals surface area contributed by atoms with Crippen molar-refractivity contribution >= 4 is 89.2 Å². The molecule has 0 saturated heterocycles. The van der Waals surface area contributed by atoms with E-state index in [9.17, 15) is 9.59 Å².